The molecule has 23 N–H and O–H groups in total. The van der Waals surface area contributed by atoms with E-state index in [4.69, 9.17) is 34.4 Å². The number of aliphatic imine (C=N–C) groups is 2. The first-order valence-corrected chi connectivity index (χ1v) is 26.4. The highest BCUT2D eigenvalue weighted by molar-refractivity contribution is 7.98. The number of hydrogen-bond acceptors (Lipinski definition) is 16. The first kappa shape index (κ1) is 69.5. The molecule has 0 unspecified atom stereocenters. The largest absolute Gasteiger partial charge is 0.480 e. The molecule has 0 aliphatic rings. The monoisotopic (exact) mass is 1100 g/mol. The number of primary amides is 1. The van der Waals surface area contributed by atoms with Gasteiger partial charge in [0.2, 0.25) is 53.2 Å². The first-order valence-electron chi connectivity index (χ1n) is 25.0. The Morgan fingerprint density at radius 3 is 1.24 bits per heavy atom. The number of carboxylic acid groups (broad SMARTS) is 1. The zero-order chi connectivity index (χ0) is 58.4. The predicted octanol–water partition coefficient (Wildman–Crippen LogP) is -5.48. The quantitative estimate of drug-likeness (QED) is 0.0156. The number of aliphatic carboxylic acids is 1. The Hall–Kier alpha value is -6.53. The number of nitrogens with two attached hydrogens (primary N) is 6. The summed E-state index contributed by atoms with van der Waals surface area (Å²) < 4.78 is 0. The Balaban J connectivity index is 6.84. The summed E-state index contributed by atoms with van der Waals surface area (Å²) in [5.41, 5.74) is 33.2. The van der Waals surface area contributed by atoms with E-state index in [1.165, 1.54) is 18.7 Å². The Bertz CT molecular complexity index is 1990. The summed E-state index contributed by atoms with van der Waals surface area (Å²) >= 11 is 1.45. The molecule has 0 aliphatic carbocycles. The lowest BCUT2D eigenvalue weighted by Crippen LogP contribution is -2.61. The summed E-state index contributed by atoms with van der Waals surface area (Å²) in [7, 11) is 0. The number of aliphatic hydroxyl groups is 2. The molecular weight excluding hydrogens is 1020 g/mol. The van der Waals surface area contributed by atoms with Crippen LogP contribution in [0.25, 0.3) is 0 Å². The van der Waals surface area contributed by atoms with E-state index in [1.807, 2.05) is 6.26 Å². The number of aliphatic hydroxyl groups excluding tert-OH is 2. The zero-order valence-corrected chi connectivity index (χ0v) is 45.7. The smallest absolute Gasteiger partial charge is 0.326 e. The lowest BCUT2D eigenvalue weighted by molar-refractivity contribution is -0.143. The molecule has 0 heterocycles. The van der Waals surface area contributed by atoms with Gasteiger partial charge in [-0.3, -0.25) is 53.1 Å². The maximum absolute atomic E-state index is 14.2. The van der Waals surface area contributed by atoms with Crippen molar-refractivity contribution in [1.29, 1.82) is 0 Å². The van der Waals surface area contributed by atoms with E-state index in [0.717, 1.165) is 0 Å². The van der Waals surface area contributed by atoms with Crippen LogP contribution in [0.4, 0.5) is 0 Å². The highest BCUT2D eigenvalue weighted by atomic mass is 32.2. The van der Waals surface area contributed by atoms with Gasteiger partial charge < -0.3 is 92.3 Å². The fourth-order valence-electron chi connectivity index (χ4n) is 7.13. The van der Waals surface area contributed by atoms with Crippen molar-refractivity contribution in [3.63, 3.8) is 0 Å². The summed E-state index contributed by atoms with van der Waals surface area (Å²) in [6.45, 7) is 10.3. The van der Waals surface area contributed by atoms with Gasteiger partial charge in [0.05, 0.1) is 18.8 Å². The fraction of sp³-hybridized carbons (Fsp3) is 0.739. The summed E-state index contributed by atoms with van der Waals surface area (Å²) in [6, 6.07) is -12.9. The molecule has 29 nitrogen and oxygen atoms in total. The third kappa shape index (κ3) is 28.4. The van der Waals surface area contributed by atoms with Crippen LogP contribution < -0.4 is 76.9 Å². The van der Waals surface area contributed by atoms with Crippen LogP contribution in [0.5, 0.6) is 0 Å². The van der Waals surface area contributed by atoms with Gasteiger partial charge >= 0.3 is 5.97 Å². The van der Waals surface area contributed by atoms with Crippen LogP contribution in [0, 0.1) is 17.8 Å². The third-order valence-electron chi connectivity index (χ3n) is 11.2. The van der Waals surface area contributed by atoms with Gasteiger partial charge in [0.25, 0.3) is 0 Å². The summed E-state index contributed by atoms with van der Waals surface area (Å²) in [6.07, 6.45) is -0.305. The molecule has 0 saturated carbocycles. The Labute approximate surface area is 448 Å². The molecule has 0 bridgehead atoms. The SMILES string of the molecule is CSCC[C@H](N)C(=O)N[C@H](C(=O)N[C@@H](CCCN=C(N)N)C(=O)N[C@@H](CC(C)C)C(=O)N[C@@H](CCCN=C(N)N)C(=O)N[C@@H](CO)C(=O)N[C@@H](CCC(N)=O)C(=O)N[C@@H](CC(C)C)C(=O)N[C@H](C(=O)O)C(C)C)[C@@H](C)O. The number of nitrogens with zero attached hydrogens (tertiary/aromatic N) is 2. The maximum Gasteiger partial charge on any atom is 0.326 e. The van der Waals surface area contributed by atoms with Crippen molar-refractivity contribution in [3.8, 4) is 0 Å². The van der Waals surface area contributed by atoms with Gasteiger partial charge in [0, 0.05) is 19.5 Å². The second kappa shape index (κ2) is 36.5. The van der Waals surface area contributed by atoms with Crippen LogP contribution >= 0.6 is 11.8 Å². The fourth-order valence-corrected chi connectivity index (χ4v) is 7.62. The number of nitrogens with one attached hydrogen (secondary N) is 8. The lowest BCUT2D eigenvalue weighted by atomic mass is 9.99. The van der Waals surface area contributed by atoms with E-state index in [9.17, 15) is 63.3 Å². The van der Waals surface area contributed by atoms with Gasteiger partial charge in [-0.25, -0.2) is 4.79 Å². The molecule has 76 heavy (non-hydrogen) atoms. The standard InChI is InChI=1S/C46H86N16O13S/c1-22(2)19-30(58-37(67)28(12-10-17-54-46(51)52)57-43(73)35(25(7)64)62-36(66)26(47)15-18-76-8)40(70)55-27(11-9-16-53-45(49)50)38(68)60-32(21-63)42(72)56-29(13-14-33(48)65)39(69)59-31(20-23(3)4)41(71)61-34(24(5)6)44(74)75/h22-32,34-35,63-64H,9-21,47H2,1-8H3,(H2,48,65)(H,55,70)(H,56,72)(H,57,73)(H,58,67)(H,59,69)(H,60,68)(H,61,71)(H,62,66)(H,74,75)(H4,49,50,53)(H4,51,52,54)/t25-,26+,27+,28+,29+,30+,31+,32+,34+,35+/m1/s1. The topological polar surface area (TPSA) is 508 Å². The molecule has 0 spiro atoms. The molecule has 0 radical (unpaired) electrons. The van der Waals surface area contributed by atoms with Gasteiger partial charge in [0.1, 0.15) is 48.3 Å². The molecule has 0 aromatic carbocycles. The van der Waals surface area contributed by atoms with Crippen LogP contribution in [0.1, 0.15) is 106 Å². The average Bonchev–Trinajstić information content (AvgIpc) is 3.31. The molecule has 434 valence electrons. The van der Waals surface area contributed by atoms with Gasteiger partial charge in [0.15, 0.2) is 11.9 Å². The average molecular weight is 1100 g/mol. The molecule has 0 aliphatic heterocycles. The number of rotatable bonds is 38. The molecule has 9 amide bonds. The van der Waals surface area contributed by atoms with Gasteiger partial charge in [-0.1, -0.05) is 41.5 Å². The number of guanidine groups is 2. The van der Waals surface area contributed by atoms with Crippen LogP contribution in [0.2, 0.25) is 0 Å². The minimum Gasteiger partial charge on any atom is -0.480 e. The lowest BCUT2D eigenvalue weighted by Gasteiger charge is -2.29. The molecule has 0 aromatic rings. The van der Waals surface area contributed by atoms with Crippen molar-refractivity contribution >= 4 is 82.8 Å². The molecule has 0 rings (SSSR count). The predicted molar refractivity (Wildman–Crippen MR) is 285 cm³/mol. The highest BCUT2D eigenvalue weighted by Crippen LogP contribution is 2.12. The number of amides is 9. The molecule has 10 atom stereocenters. The summed E-state index contributed by atoms with van der Waals surface area (Å²) in [5, 5.41) is 50.3. The van der Waals surface area contributed by atoms with E-state index in [2.05, 4.69) is 52.5 Å². The first-order chi connectivity index (χ1) is 35.4. The Morgan fingerprint density at radius 1 is 0.500 bits per heavy atom. The number of hydrogen-bond donors (Lipinski definition) is 17. The molecule has 0 saturated heterocycles. The summed E-state index contributed by atoms with van der Waals surface area (Å²) in [4.78, 5) is 141. The van der Waals surface area contributed by atoms with E-state index in [1.54, 1.807) is 41.5 Å². The van der Waals surface area contributed by atoms with Crippen LogP contribution in [-0.2, 0) is 47.9 Å². The number of thioether (sulfide) groups is 1. The van der Waals surface area contributed by atoms with Crippen molar-refractivity contribution < 1.29 is 63.3 Å². The minimum absolute atomic E-state index is 0.0239. The Kier molecular flexibility index (Phi) is 33.3. The molecule has 30 heteroatoms. The maximum atomic E-state index is 14.2. The van der Waals surface area contributed by atoms with Gasteiger partial charge in [-0.05, 0) is 88.1 Å². The number of carbonyl (C=O) groups is 10. The van der Waals surface area contributed by atoms with Crippen LogP contribution in [0.15, 0.2) is 9.98 Å². The van der Waals surface area contributed by atoms with Crippen molar-refractivity contribution in [2.75, 3.05) is 31.7 Å². The summed E-state index contributed by atoms with van der Waals surface area (Å²) in [5.74, 6) is -10.6. The van der Waals surface area contributed by atoms with E-state index < -0.39 is 145 Å². The van der Waals surface area contributed by atoms with E-state index in [0.29, 0.717) is 5.75 Å². The van der Waals surface area contributed by atoms with Crippen LogP contribution in [0.3, 0.4) is 0 Å². The van der Waals surface area contributed by atoms with E-state index >= 15 is 0 Å². The second-order valence-electron chi connectivity index (χ2n) is 19.4. The third-order valence-corrected chi connectivity index (χ3v) is 11.9. The second-order valence-corrected chi connectivity index (χ2v) is 20.4. The Morgan fingerprint density at radius 2 is 0.868 bits per heavy atom. The van der Waals surface area contributed by atoms with Crippen molar-refractivity contribution in [3.05, 3.63) is 0 Å². The number of carbonyl (C=O) groups excluding carboxylic acids is 9. The zero-order valence-electron chi connectivity index (χ0n) is 44.9. The molecular formula is C46H86N16O13S. The van der Waals surface area contributed by atoms with Gasteiger partial charge in [-0.2, -0.15) is 11.8 Å². The van der Waals surface area contributed by atoms with Crippen molar-refractivity contribution in [2.24, 2.45) is 62.1 Å². The number of carboxylic acids is 1. The normalized spacial score (nSPS) is 15.1. The highest BCUT2D eigenvalue weighted by Gasteiger charge is 2.36. The van der Waals surface area contributed by atoms with Gasteiger partial charge in [-0.15, -0.1) is 0 Å². The van der Waals surface area contributed by atoms with Crippen molar-refractivity contribution in [1.82, 2.24) is 42.5 Å². The molecule has 0 fully saturated rings. The minimum atomic E-state index is -1.80. The van der Waals surface area contributed by atoms with Crippen LogP contribution in [-0.4, -0.2) is 179 Å². The van der Waals surface area contributed by atoms with Crippen molar-refractivity contribution in [2.45, 2.75) is 167 Å². The van der Waals surface area contributed by atoms with E-state index in [-0.39, 0.29) is 81.8 Å². The molecule has 0 aromatic heterocycles.